The zero-order valence-electron chi connectivity index (χ0n) is 14.2. The van der Waals surface area contributed by atoms with Crippen LogP contribution in [0.1, 0.15) is 39.7 Å². The van der Waals surface area contributed by atoms with Crippen molar-refractivity contribution in [1.82, 2.24) is 0 Å². The Balaban J connectivity index is 2.79. The Morgan fingerprint density at radius 1 is 1.33 bits per heavy atom. The lowest BCUT2D eigenvalue weighted by Crippen LogP contribution is -2.21. The van der Waals surface area contributed by atoms with Gasteiger partial charge >= 0.3 is 0 Å². The van der Waals surface area contributed by atoms with E-state index in [0.29, 0.717) is 6.42 Å². The predicted molar refractivity (Wildman–Crippen MR) is 92.0 cm³/mol. The zero-order valence-corrected chi connectivity index (χ0v) is 14.2. The lowest BCUT2D eigenvalue weighted by Gasteiger charge is -2.21. The number of nitrogens with zero attached hydrogens (tertiary/aromatic N) is 1. The molecule has 21 heavy (non-hydrogen) atoms. The van der Waals surface area contributed by atoms with Gasteiger partial charge in [-0.1, -0.05) is 32.9 Å². The molecule has 0 saturated carbocycles. The van der Waals surface area contributed by atoms with E-state index in [0.717, 1.165) is 29.1 Å². The van der Waals surface area contributed by atoms with Gasteiger partial charge in [0.2, 0.25) is 5.91 Å². The number of hydrogen-bond donors (Lipinski definition) is 1. The fraction of sp³-hybridized carbons (Fsp3) is 0.500. The van der Waals surface area contributed by atoms with Crippen LogP contribution in [0.25, 0.3) is 0 Å². The monoisotopic (exact) mass is 288 g/mol. The normalized spacial score (nSPS) is 11.1. The highest BCUT2D eigenvalue weighted by Gasteiger charge is 2.16. The number of nitrogens with one attached hydrogen (secondary N) is 1. The number of hydrogen-bond acceptors (Lipinski definition) is 2. The molecule has 0 radical (unpaired) electrons. The van der Waals surface area contributed by atoms with Crippen LogP contribution in [0.3, 0.4) is 0 Å². The van der Waals surface area contributed by atoms with Crippen LogP contribution in [0.15, 0.2) is 30.4 Å². The van der Waals surface area contributed by atoms with Crippen LogP contribution in [0.4, 0.5) is 11.4 Å². The SMILES string of the molecule is C=C(C)CN(C)c1ccc(NC(=O)CC(C)(C)C)c(C)c1. The van der Waals surface area contributed by atoms with Gasteiger partial charge in [-0.15, -0.1) is 0 Å². The Hall–Kier alpha value is -1.77. The van der Waals surface area contributed by atoms with Crippen molar-refractivity contribution in [3.8, 4) is 0 Å². The number of aryl methyl sites for hydroxylation is 1. The van der Waals surface area contributed by atoms with Gasteiger partial charge in [0.15, 0.2) is 0 Å². The van der Waals surface area contributed by atoms with Gasteiger partial charge in [0.25, 0.3) is 0 Å². The minimum Gasteiger partial charge on any atom is -0.371 e. The molecule has 116 valence electrons. The van der Waals surface area contributed by atoms with Gasteiger partial charge < -0.3 is 10.2 Å². The fourth-order valence-corrected chi connectivity index (χ4v) is 2.20. The molecule has 3 nitrogen and oxygen atoms in total. The maximum absolute atomic E-state index is 12.0. The summed E-state index contributed by atoms with van der Waals surface area (Å²) >= 11 is 0. The summed E-state index contributed by atoms with van der Waals surface area (Å²) in [7, 11) is 2.04. The van der Waals surface area contributed by atoms with Crippen LogP contribution < -0.4 is 10.2 Å². The second-order valence-electron chi connectivity index (χ2n) is 7.10. The van der Waals surface area contributed by atoms with Gasteiger partial charge in [-0.25, -0.2) is 0 Å². The quantitative estimate of drug-likeness (QED) is 0.815. The van der Waals surface area contributed by atoms with Crippen LogP contribution in [-0.4, -0.2) is 19.5 Å². The molecule has 1 aromatic rings. The molecule has 0 fully saturated rings. The Labute approximate surface area is 129 Å². The van der Waals surface area contributed by atoms with E-state index in [4.69, 9.17) is 0 Å². The van der Waals surface area contributed by atoms with E-state index in [1.807, 2.05) is 33.0 Å². The first kappa shape index (κ1) is 17.3. The zero-order chi connectivity index (χ0) is 16.2. The number of carbonyl (C=O) groups is 1. The summed E-state index contributed by atoms with van der Waals surface area (Å²) in [5, 5.41) is 3.00. The summed E-state index contributed by atoms with van der Waals surface area (Å²) in [6, 6.07) is 6.10. The number of amides is 1. The van der Waals surface area contributed by atoms with E-state index in [2.05, 4.69) is 43.6 Å². The number of anilines is 2. The third-order valence-corrected chi connectivity index (χ3v) is 3.12. The molecule has 0 unspecified atom stereocenters. The first-order valence-corrected chi connectivity index (χ1v) is 7.34. The van der Waals surface area contributed by atoms with Crippen molar-refractivity contribution in [2.24, 2.45) is 5.41 Å². The van der Waals surface area contributed by atoms with Crippen LogP contribution in [0.5, 0.6) is 0 Å². The molecule has 3 heteroatoms. The number of likely N-dealkylation sites (N-methyl/N-ethyl adjacent to an activating group) is 1. The summed E-state index contributed by atoms with van der Waals surface area (Å²) in [5.74, 6) is 0.0636. The number of carbonyl (C=O) groups excluding carboxylic acids is 1. The van der Waals surface area contributed by atoms with E-state index >= 15 is 0 Å². The van der Waals surface area contributed by atoms with Gasteiger partial charge in [-0.05, 0) is 43.0 Å². The third-order valence-electron chi connectivity index (χ3n) is 3.12. The Morgan fingerprint density at radius 3 is 2.43 bits per heavy atom. The summed E-state index contributed by atoms with van der Waals surface area (Å²) in [5.41, 5.74) is 4.21. The number of benzene rings is 1. The van der Waals surface area contributed by atoms with E-state index in [1.165, 1.54) is 0 Å². The number of rotatable bonds is 5. The van der Waals surface area contributed by atoms with E-state index in [-0.39, 0.29) is 11.3 Å². The molecule has 1 amide bonds. The summed E-state index contributed by atoms with van der Waals surface area (Å²) in [6.45, 7) is 15.0. The second-order valence-corrected chi connectivity index (χ2v) is 7.10. The van der Waals surface area contributed by atoms with Crippen LogP contribution in [-0.2, 0) is 4.79 Å². The standard InChI is InChI=1S/C18H28N2O/c1-13(2)12-20(7)15-8-9-16(14(3)10-15)19-17(21)11-18(4,5)6/h8-10H,1,11-12H2,2-7H3,(H,19,21). The van der Waals surface area contributed by atoms with Crippen molar-refractivity contribution in [2.75, 3.05) is 23.8 Å². The maximum Gasteiger partial charge on any atom is 0.224 e. The molecule has 0 saturated heterocycles. The third kappa shape index (κ3) is 6.03. The molecule has 0 aliphatic rings. The molecule has 1 rings (SSSR count). The molecule has 0 aliphatic carbocycles. The summed E-state index contributed by atoms with van der Waals surface area (Å²) in [4.78, 5) is 14.2. The maximum atomic E-state index is 12.0. The minimum absolute atomic E-state index is 0.000363. The summed E-state index contributed by atoms with van der Waals surface area (Å²) in [6.07, 6.45) is 0.518. The smallest absolute Gasteiger partial charge is 0.224 e. The Bertz CT molecular complexity index is 527. The van der Waals surface area contributed by atoms with Crippen LogP contribution in [0, 0.1) is 12.3 Å². The van der Waals surface area contributed by atoms with Crippen molar-refractivity contribution in [2.45, 2.75) is 41.0 Å². The van der Waals surface area contributed by atoms with E-state index in [1.54, 1.807) is 0 Å². The molecule has 1 aromatic carbocycles. The topological polar surface area (TPSA) is 32.3 Å². The highest BCUT2D eigenvalue weighted by atomic mass is 16.1. The van der Waals surface area contributed by atoms with E-state index in [9.17, 15) is 4.79 Å². The van der Waals surface area contributed by atoms with Gasteiger partial charge in [0.1, 0.15) is 0 Å². The molecule has 0 heterocycles. The fourth-order valence-electron chi connectivity index (χ4n) is 2.20. The van der Waals surface area contributed by atoms with Crippen molar-refractivity contribution in [3.05, 3.63) is 35.9 Å². The molecule has 0 aliphatic heterocycles. The van der Waals surface area contributed by atoms with Gasteiger partial charge in [0, 0.05) is 31.4 Å². The first-order chi connectivity index (χ1) is 9.58. The Kier molecular flexibility index (Phi) is 5.59. The second kappa shape index (κ2) is 6.79. The molecule has 0 atom stereocenters. The van der Waals surface area contributed by atoms with Gasteiger partial charge in [-0.3, -0.25) is 4.79 Å². The van der Waals surface area contributed by atoms with Crippen LogP contribution in [0.2, 0.25) is 0 Å². The molecule has 1 N–H and O–H groups in total. The lowest BCUT2D eigenvalue weighted by molar-refractivity contribution is -0.117. The first-order valence-electron chi connectivity index (χ1n) is 7.34. The van der Waals surface area contributed by atoms with Gasteiger partial charge in [0.05, 0.1) is 0 Å². The molecule has 0 spiro atoms. The highest BCUT2D eigenvalue weighted by Crippen LogP contribution is 2.24. The largest absolute Gasteiger partial charge is 0.371 e. The summed E-state index contributed by atoms with van der Waals surface area (Å²) < 4.78 is 0. The molecule has 0 aromatic heterocycles. The Morgan fingerprint density at radius 2 is 1.95 bits per heavy atom. The molecule has 0 bridgehead atoms. The van der Waals surface area contributed by atoms with E-state index < -0.39 is 0 Å². The average Bonchev–Trinajstić information content (AvgIpc) is 2.28. The lowest BCUT2D eigenvalue weighted by atomic mass is 9.92. The van der Waals surface area contributed by atoms with Crippen molar-refractivity contribution >= 4 is 17.3 Å². The van der Waals surface area contributed by atoms with Crippen LogP contribution >= 0.6 is 0 Å². The minimum atomic E-state index is -0.000363. The molecular formula is C18H28N2O. The van der Waals surface area contributed by atoms with Crippen molar-refractivity contribution in [1.29, 1.82) is 0 Å². The van der Waals surface area contributed by atoms with Crippen molar-refractivity contribution in [3.63, 3.8) is 0 Å². The average molecular weight is 288 g/mol. The molecular weight excluding hydrogens is 260 g/mol. The van der Waals surface area contributed by atoms with Crippen molar-refractivity contribution < 1.29 is 4.79 Å². The highest BCUT2D eigenvalue weighted by molar-refractivity contribution is 5.92. The van der Waals surface area contributed by atoms with Gasteiger partial charge in [-0.2, -0.15) is 0 Å². The predicted octanol–water partition coefficient (Wildman–Crippen LogP) is 4.38.